The monoisotopic (exact) mass is 354 g/mol. The van der Waals surface area contributed by atoms with Crippen molar-refractivity contribution in [1.29, 1.82) is 0 Å². The Balaban J connectivity index is 2.11. The lowest BCUT2D eigenvalue weighted by atomic mass is 9.93. The molecule has 0 aliphatic carbocycles. The van der Waals surface area contributed by atoms with Crippen LogP contribution in [0.3, 0.4) is 0 Å². The molecule has 0 saturated heterocycles. The zero-order valence-corrected chi connectivity index (χ0v) is 14.2. The van der Waals surface area contributed by atoms with Gasteiger partial charge in [0.25, 0.3) is 0 Å². The average Bonchev–Trinajstić information content (AvgIpc) is 2.85. The van der Waals surface area contributed by atoms with Gasteiger partial charge in [-0.15, -0.1) is 31.7 Å². The minimum Gasteiger partial charge on any atom is -0.135 e. The fourth-order valence-electron chi connectivity index (χ4n) is 2.21. The summed E-state index contributed by atoms with van der Waals surface area (Å²) in [6, 6.07) is 2.17. The van der Waals surface area contributed by atoms with Crippen LogP contribution in [0.25, 0.3) is 10.7 Å². The predicted molar refractivity (Wildman–Crippen MR) is 85.6 cm³/mol. The number of hydrogen-bond donors (Lipinski definition) is 0. The Kier molecular flexibility index (Phi) is 6.04. The quantitative estimate of drug-likeness (QED) is 0.733. The molecule has 0 aromatic carbocycles. The van der Waals surface area contributed by atoms with Crippen LogP contribution in [0.2, 0.25) is 0 Å². The summed E-state index contributed by atoms with van der Waals surface area (Å²) in [5.74, 6) is 1.35. The molecule has 6 heteroatoms. The molecule has 4 nitrogen and oxygen atoms in total. The highest BCUT2D eigenvalue weighted by atomic mass is 79.9. The van der Waals surface area contributed by atoms with Gasteiger partial charge in [0.1, 0.15) is 0 Å². The van der Waals surface area contributed by atoms with Gasteiger partial charge in [0, 0.05) is 0 Å². The molecule has 2 aromatic heterocycles. The lowest BCUT2D eigenvalue weighted by Gasteiger charge is -2.13. The molecule has 2 rings (SSSR count). The van der Waals surface area contributed by atoms with Crippen molar-refractivity contribution >= 4 is 27.3 Å². The van der Waals surface area contributed by atoms with Crippen molar-refractivity contribution in [2.45, 2.75) is 46.0 Å². The van der Waals surface area contributed by atoms with E-state index in [4.69, 9.17) is 0 Å². The third-order valence-electron chi connectivity index (χ3n) is 3.44. The molecule has 0 fully saturated rings. The lowest BCUT2D eigenvalue weighted by Crippen LogP contribution is -2.03. The van der Waals surface area contributed by atoms with Crippen molar-refractivity contribution in [2.75, 3.05) is 0 Å². The van der Waals surface area contributed by atoms with E-state index in [1.165, 1.54) is 41.4 Å². The zero-order valence-electron chi connectivity index (χ0n) is 11.8. The first-order chi connectivity index (χ1) is 9.74. The number of rotatable bonds is 7. The summed E-state index contributed by atoms with van der Waals surface area (Å²) in [7, 11) is 0. The molecule has 20 heavy (non-hydrogen) atoms. The lowest BCUT2D eigenvalue weighted by molar-refractivity contribution is 0.449. The normalized spacial score (nSPS) is 12.6. The Labute approximate surface area is 132 Å². The first-order valence-corrected chi connectivity index (χ1v) is 8.64. The summed E-state index contributed by atoms with van der Waals surface area (Å²) in [5.41, 5.74) is 1.35. The number of nitrogens with zero attached hydrogens (tertiary/aromatic N) is 4. The summed E-state index contributed by atoms with van der Waals surface area (Å²) in [6.45, 7) is 4.52. The molecular weight excluding hydrogens is 336 g/mol. The third kappa shape index (κ3) is 4.06. The van der Waals surface area contributed by atoms with E-state index in [-0.39, 0.29) is 0 Å². The van der Waals surface area contributed by atoms with Crippen LogP contribution in [0.4, 0.5) is 0 Å². The molecule has 1 atom stereocenters. The smallest absolute Gasteiger partial charge is 0.135 e. The maximum atomic E-state index is 4.02. The van der Waals surface area contributed by atoms with Gasteiger partial charge in [-0.05, 0) is 39.9 Å². The Morgan fingerprint density at radius 3 is 2.65 bits per heavy atom. The standard InChI is InChI=1S/C14H19BrN4S/c1-3-5-6-10(4-2)7-11-8-12(20-13(11)15)14-18-16-9-17-19-14/h8-10H,3-7H2,1-2H3. The van der Waals surface area contributed by atoms with E-state index < -0.39 is 0 Å². The molecule has 2 aromatic rings. The fourth-order valence-corrected chi connectivity index (χ4v) is 3.85. The van der Waals surface area contributed by atoms with Crippen LogP contribution in [-0.2, 0) is 6.42 Å². The van der Waals surface area contributed by atoms with Gasteiger partial charge in [0.2, 0.25) is 5.82 Å². The van der Waals surface area contributed by atoms with Gasteiger partial charge >= 0.3 is 0 Å². The number of thiophene rings is 1. The Morgan fingerprint density at radius 1 is 1.25 bits per heavy atom. The minimum absolute atomic E-state index is 0.603. The number of hydrogen-bond acceptors (Lipinski definition) is 5. The van der Waals surface area contributed by atoms with Crippen molar-refractivity contribution in [3.63, 3.8) is 0 Å². The van der Waals surface area contributed by atoms with E-state index in [1.54, 1.807) is 11.3 Å². The zero-order chi connectivity index (χ0) is 14.4. The van der Waals surface area contributed by atoms with Gasteiger partial charge in [-0.25, -0.2) is 0 Å². The first kappa shape index (κ1) is 15.5. The number of aromatic nitrogens is 4. The number of halogens is 1. The minimum atomic E-state index is 0.603. The molecule has 1 unspecified atom stereocenters. The molecule has 0 aliphatic heterocycles. The summed E-state index contributed by atoms with van der Waals surface area (Å²) in [5, 5.41) is 15.6. The molecule has 0 radical (unpaired) electrons. The van der Waals surface area contributed by atoms with Crippen LogP contribution in [-0.4, -0.2) is 20.4 Å². The fraction of sp³-hybridized carbons (Fsp3) is 0.571. The molecular formula is C14H19BrN4S. The first-order valence-electron chi connectivity index (χ1n) is 7.03. The van der Waals surface area contributed by atoms with Crippen molar-refractivity contribution in [3.05, 3.63) is 21.7 Å². The average molecular weight is 355 g/mol. The third-order valence-corrected chi connectivity index (χ3v) is 5.39. The van der Waals surface area contributed by atoms with E-state index in [2.05, 4.69) is 56.2 Å². The van der Waals surface area contributed by atoms with Crippen LogP contribution >= 0.6 is 27.3 Å². The van der Waals surface area contributed by atoms with Gasteiger partial charge in [0.05, 0.1) is 8.66 Å². The van der Waals surface area contributed by atoms with E-state index in [0.29, 0.717) is 5.82 Å². The second kappa shape index (κ2) is 7.78. The van der Waals surface area contributed by atoms with Gasteiger partial charge < -0.3 is 0 Å². The van der Waals surface area contributed by atoms with Gasteiger partial charge in [-0.1, -0.05) is 39.5 Å². The molecule has 0 saturated carbocycles. The second-order valence-electron chi connectivity index (χ2n) is 4.90. The predicted octanol–water partition coefficient (Wildman–Crippen LogP) is 4.52. The van der Waals surface area contributed by atoms with Crippen molar-refractivity contribution in [2.24, 2.45) is 5.92 Å². The summed E-state index contributed by atoms with van der Waals surface area (Å²) >= 11 is 5.32. The van der Waals surface area contributed by atoms with Gasteiger partial charge in [0.15, 0.2) is 6.33 Å². The highest BCUT2D eigenvalue weighted by Crippen LogP contribution is 2.35. The summed E-state index contributed by atoms with van der Waals surface area (Å²) in [6.07, 6.45) is 7.56. The highest BCUT2D eigenvalue weighted by Gasteiger charge is 2.15. The molecule has 0 amide bonds. The van der Waals surface area contributed by atoms with E-state index in [1.807, 2.05) is 0 Å². The van der Waals surface area contributed by atoms with Crippen LogP contribution in [0.1, 0.15) is 45.1 Å². The summed E-state index contributed by atoms with van der Waals surface area (Å²) in [4.78, 5) is 1.03. The maximum Gasteiger partial charge on any atom is 0.213 e. The molecule has 0 spiro atoms. The van der Waals surface area contributed by atoms with Crippen LogP contribution in [0.5, 0.6) is 0 Å². The van der Waals surface area contributed by atoms with E-state index >= 15 is 0 Å². The van der Waals surface area contributed by atoms with Crippen molar-refractivity contribution in [1.82, 2.24) is 20.4 Å². The molecule has 0 bridgehead atoms. The van der Waals surface area contributed by atoms with Crippen LogP contribution < -0.4 is 0 Å². The molecule has 108 valence electrons. The van der Waals surface area contributed by atoms with Crippen LogP contribution in [0.15, 0.2) is 16.2 Å². The van der Waals surface area contributed by atoms with Crippen molar-refractivity contribution < 1.29 is 0 Å². The Hall–Kier alpha value is -0.880. The van der Waals surface area contributed by atoms with Crippen molar-refractivity contribution in [3.8, 4) is 10.7 Å². The maximum absolute atomic E-state index is 4.02. The van der Waals surface area contributed by atoms with Gasteiger partial charge in [-0.3, -0.25) is 0 Å². The van der Waals surface area contributed by atoms with Gasteiger partial charge in [-0.2, -0.15) is 0 Å². The molecule has 2 heterocycles. The SMILES string of the molecule is CCCCC(CC)Cc1cc(-c2nncnn2)sc1Br. The highest BCUT2D eigenvalue weighted by molar-refractivity contribution is 9.11. The topological polar surface area (TPSA) is 51.6 Å². The molecule has 0 N–H and O–H groups in total. The largest absolute Gasteiger partial charge is 0.213 e. The Morgan fingerprint density at radius 2 is 2.00 bits per heavy atom. The van der Waals surface area contributed by atoms with E-state index in [9.17, 15) is 0 Å². The molecule has 0 aliphatic rings. The second-order valence-corrected chi connectivity index (χ2v) is 7.27. The van der Waals surface area contributed by atoms with Crippen LogP contribution in [0, 0.1) is 5.92 Å². The summed E-state index contributed by atoms with van der Waals surface area (Å²) < 4.78 is 1.18. The Bertz CT molecular complexity index is 529. The number of unbranched alkanes of at least 4 members (excludes halogenated alkanes) is 1. The van der Waals surface area contributed by atoms with E-state index in [0.717, 1.165) is 17.2 Å².